The van der Waals surface area contributed by atoms with Crippen LogP contribution in [-0.4, -0.2) is 45.0 Å². The summed E-state index contributed by atoms with van der Waals surface area (Å²) < 4.78 is 6.80. The fraction of sp³-hybridized carbons (Fsp3) is 0. The summed E-state index contributed by atoms with van der Waals surface area (Å²) in [5.74, 6) is 2.02. The van der Waals surface area contributed by atoms with Crippen LogP contribution in [0.5, 0.6) is 0 Å². The molecule has 0 atom stereocenters. The van der Waals surface area contributed by atoms with Gasteiger partial charge in [-0.25, -0.2) is 0 Å². The van der Waals surface area contributed by atoms with Crippen molar-refractivity contribution in [1.29, 1.82) is 0 Å². The Morgan fingerprint density at radius 3 is 1.31 bits per heavy atom. The van der Waals surface area contributed by atoms with Gasteiger partial charge in [-0.05, 0) is 0 Å². The molecule has 4 nitrogen and oxygen atoms in total. The summed E-state index contributed by atoms with van der Waals surface area (Å²) >= 11 is 0.427. The molecule has 0 N–H and O–H groups in total. The van der Waals surface area contributed by atoms with Crippen LogP contribution in [0.15, 0.2) is 109 Å². The van der Waals surface area contributed by atoms with Gasteiger partial charge in [-0.2, -0.15) is 0 Å². The van der Waals surface area contributed by atoms with Crippen LogP contribution in [0.3, 0.4) is 0 Å². The predicted molar refractivity (Wildman–Crippen MR) is 132 cm³/mol. The van der Waals surface area contributed by atoms with E-state index in [0.29, 0.717) is 0 Å². The monoisotopic (exact) mass is 546 g/mol. The van der Waals surface area contributed by atoms with Gasteiger partial charge in [0.1, 0.15) is 0 Å². The Labute approximate surface area is 196 Å². The molecule has 0 saturated heterocycles. The number of hydrogen-bond acceptors (Lipinski definition) is 2. The topological polar surface area (TPSA) is 34.6 Å². The Morgan fingerprint density at radius 1 is 0.469 bits per heavy atom. The molecular weight excluding hydrogens is 526 g/mol. The molecule has 6 heteroatoms. The fourth-order valence-corrected chi connectivity index (χ4v) is 10.1. The molecule has 0 unspecified atom stereocenters. The summed E-state index contributed by atoms with van der Waals surface area (Å²) in [7, 11) is 0. The van der Waals surface area contributed by atoms with Gasteiger partial charge in [0.25, 0.3) is 0 Å². The molecule has 2 aromatic carbocycles. The molecule has 4 aromatic heterocycles. The molecular formula is C26H18N4Se2. The number of benzene rings is 2. The molecule has 4 heterocycles. The van der Waals surface area contributed by atoms with Crippen molar-refractivity contribution in [2.75, 3.05) is 0 Å². The number of hydrogen-bond donors (Lipinski definition) is 0. The Morgan fingerprint density at radius 2 is 0.875 bits per heavy atom. The van der Waals surface area contributed by atoms with Gasteiger partial charge in [0.2, 0.25) is 0 Å². The number of rotatable bonds is 5. The first-order valence-electron chi connectivity index (χ1n) is 10.3. The molecule has 6 aromatic rings. The van der Waals surface area contributed by atoms with Crippen LogP contribution in [0.1, 0.15) is 0 Å². The molecule has 0 spiro atoms. The van der Waals surface area contributed by atoms with Crippen molar-refractivity contribution in [2.45, 2.75) is 0 Å². The van der Waals surface area contributed by atoms with Crippen LogP contribution in [-0.2, 0) is 0 Å². The number of nitrogens with zero attached hydrogens (tertiary/aromatic N) is 4. The summed E-state index contributed by atoms with van der Waals surface area (Å²) in [5.41, 5.74) is 4.67. The first kappa shape index (κ1) is 19.5. The first-order chi connectivity index (χ1) is 15.9. The third-order valence-corrected chi connectivity index (χ3v) is 11.7. The Balaban J connectivity index is 1.39. The van der Waals surface area contributed by atoms with Crippen molar-refractivity contribution < 1.29 is 0 Å². The third kappa shape index (κ3) is 3.48. The maximum atomic E-state index is 5.09. The van der Waals surface area contributed by atoms with E-state index in [1.165, 1.54) is 20.2 Å². The minimum atomic E-state index is 0.214. The average molecular weight is 544 g/mol. The van der Waals surface area contributed by atoms with Crippen molar-refractivity contribution in [3.63, 3.8) is 0 Å². The second kappa shape index (κ2) is 8.42. The Bertz CT molecular complexity index is 1400. The Kier molecular flexibility index (Phi) is 5.14. The normalized spacial score (nSPS) is 11.4. The number of imidazole rings is 2. The predicted octanol–water partition coefficient (Wildman–Crippen LogP) is 3.59. The van der Waals surface area contributed by atoms with Crippen molar-refractivity contribution in [3.05, 3.63) is 109 Å². The number of fused-ring (bicyclic) bond motifs is 2. The van der Waals surface area contributed by atoms with Crippen LogP contribution in [0, 0.1) is 0 Å². The van der Waals surface area contributed by atoms with Crippen LogP contribution < -0.4 is 9.18 Å². The zero-order valence-corrected chi connectivity index (χ0v) is 20.4. The first-order valence-corrected chi connectivity index (χ1v) is 16.3. The van der Waals surface area contributed by atoms with E-state index in [4.69, 9.17) is 9.97 Å². The molecule has 0 bridgehead atoms. The quantitative estimate of drug-likeness (QED) is 0.311. The SMILES string of the molecule is c1ccc(-c2nc([Se][Se]c3nc(-c4ccccc4)n4ccccc34)c3ccccn23)cc1. The Hall–Kier alpha value is -3.14. The van der Waals surface area contributed by atoms with Crippen molar-refractivity contribution in [1.82, 2.24) is 18.8 Å². The van der Waals surface area contributed by atoms with Gasteiger partial charge in [-0.3, -0.25) is 0 Å². The zero-order valence-electron chi connectivity index (χ0n) is 17.0. The van der Waals surface area contributed by atoms with E-state index in [-0.39, 0.29) is 26.3 Å². The summed E-state index contributed by atoms with van der Waals surface area (Å²) in [6.45, 7) is 0. The van der Waals surface area contributed by atoms with Crippen molar-refractivity contribution in [3.8, 4) is 22.8 Å². The molecule has 0 radical (unpaired) electrons. The summed E-state index contributed by atoms with van der Waals surface area (Å²) in [6, 6.07) is 33.5. The molecule has 0 aliphatic rings. The van der Waals surface area contributed by atoms with Crippen molar-refractivity contribution in [2.24, 2.45) is 0 Å². The van der Waals surface area contributed by atoms with E-state index in [0.717, 1.165) is 22.8 Å². The fourth-order valence-electron chi connectivity index (χ4n) is 3.80. The van der Waals surface area contributed by atoms with Gasteiger partial charge < -0.3 is 0 Å². The molecule has 32 heavy (non-hydrogen) atoms. The molecule has 154 valence electrons. The van der Waals surface area contributed by atoms with Gasteiger partial charge in [-0.1, -0.05) is 0 Å². The molecule has 0 amide bonds. The van der Waals surface area contributed by atoms with Gasteiger partial charge >= 0.3 is 197 Å². The van der Waals surface area contributed by atoms with E-state index in [9.17, 15) is 0 Å². The minimum absolute atomic E-state index is 0.214. The molecule has 0 aliphatic heterocycles. The molecule has 0 saturated carbocycles. The molecule has 0 aliphatic carbocycles. The summed E-state index contributed by atoms with van der Waals surface area (Å²) in [4.78, 5) is 10.2. The van der Waals surface area contributed by atoms with Crippen molar-refractivity contribution >= 4 is 46.5 Å². The molecule has 0 fully saturated rings. The van der Waals surface area contributed by atoms with Crippen LogP contribution in [0.2, 0.25) is 0 Å². The second-order valence-electron chi connectivity index (χ2n) is 7.29. The van der Waals surface area contributed by atoms with E-state index in [1.807, 2.05) is 12.1 Å². The second-order valence-corrected chi connectivity index (χ2v) is 13.2. The van der Waals surface area contributed by atoms with Gasteiger partial charge in [0.05, 0.1) is 0 Å². The number of aromatic nitrogens is 4. The third-order valence-electron chi connectivity index (χ3n) is 5.29. The standard InChI is InChI=1S/C26H18N4Se2/c1-3-11-19(12-4-1)23-27-25(21-15-7-9-17-29(21)23)31-32-26-22-16-8-10-18-30(22)24(28-26)20-13-5-2-6-14-20/h1-18H. The summed E-state index contributed by atoms with van der Waals surface area (Å²) in [6.07, 6.45) is 4.22. The summed E-state index contributed by atoms with van der Waals surface area (Å²) in [5, 5.41) is 0. The van der Waals surface area contributed by atoms with E-state index in [1.54, 1.807) is 0 Å². The van der Waals surface area contributed by atoms with Gasteiger partial charge in [0, 0.05) is 0 Å². The average Bonchev–Trinajstić information content (AvgIpc) is 3.43. The van der Waals surface area contributed by atoms with Crippen LogP contribution in [0.4, 0.5) is 0 Å². The number of pyridine rings is 2. The van der Waals surface area contributed by atoms with E-state index >= 15 is 0 Å². The van der Waals surface area contributed by atoms with Gasteiger partial charge in [-0.15, -0.1) is 0 Å². The van der Waals surface area contributed by atoms with E-state index < -0.39 is 0 Å². The molecule has 6 rings (SSSR count). The van der Waals surface area contributed by atoms with E-state index in [2.05, 4.69) is 106 Å². The van der Waals surface area contributed by atoms with Crippen LogP contribution in [0.25, 0.3) is 33.8 Å². The zero-order chi connectivity index (χ0) is 21.3. The maximum absolute atomic E-state index is 5.09. The van der Waals surface area contributed by atoms with Gasteiger partial charge in [0.15, 0.2) is 0 Å². The van der Waals surface area contributed by atoms with Crippen LogP contribution >= 0.6 is 0 Å².